The van der Waals surface area contributed by atoms with Crippen molar-refractivity contribution >= 4 is 13.7 Å². The van der Waals surface area contributed by atoms with E-state index in [0.717, 1.165) is 70.6 Å². The highest BCUT2D eigenvalue weighted by Gasteiger charge is 2.51. The average Bonchev–Trinajstić information content (AvgIpc) is 3.22. The van der Waals surface area contributed by atoms with Gasteiger partial charge in [-0.05, 0) is 38.5 Å². The Morgan fingerprint density at radius 1 is 0.567 bits per heavy atom. The molecule has 14 heteroatoms. The second-order valence-electron chi connectivity index (χ2n) is 17.5. The van der Waals surface area contributed by atoms with E-state index in [1.54, 1.807) is 0 Å². The smallest absolute Gasteiger partial charge is 0.393 e. The zero-order valence-corrected chi connectivity index (χ0v) is 38.5. The summed E-state index contributed by atoms with van der Waals surface area (Å²) < 4.78 is 22.9. The quantitative estimate of drug-likeness (QED) is 0.0161. The lowest BCUT2D eigenvalue weighted by atomic mass is 9.85. The van der Waals surface area contributed by atoms with Gasteiger partial charge in [0.25, 0.3) is 0 Å². The Hall–Kier alpha value is -0.960. The molecule has 0 spiro atoms. The Morgan fingerprint density at radius 3 is 1.37 bits per heavy atom. The van der Waals surface area contributed by atoms with Crippen molar-refractivity contribution in [2.24, 2.45) is 0 Å². The second kappa shape index (κ2) is 36.4. The molecule has 1 saturated carbocycles. The number of rotatable bonds is 40. The molecule has 0 aliphatic heterocycles. The van der Waals surface area contributed by atoms with Gasteiger partial charge in [-0.25, -0.2) is 4.57 Å². The van der Waals surface area contributed by atoms with E-state index in [9.17, 15) is 50.0 Å². The molecule has 356 valence electrons. The minimum atomic E-state index is -5.11. The predicted molar refractivity (Wildman–Crippen MR) is 238 cm³/mol. The number of unbranched alkanes of at least 4 members (excludes halogenated alkanes) is 25. The molecule has 1 rings (SSSR count). The molecule has 1 amide bonds. The summed E-state index contributed by atoms with van der Waals surface area (Å²) in [5.41, 5.74) is 0. The summed E-state index contributed by atoms with van der Waals surface area (Å²) in [4.78, 5) is 23.5. The fourth-order valence-electron chi connectivity index (χ4n) is 7.89. The van der Waals surface area contributed by atoms with E-state index < -0.39 is 75.2 Å². The van der Waals surface area contributed by atoms with Crippen molar-refractivity contribution in [3.8, 4) is 0 Å². The Morgan fingerprint density at radius 2 is 0.933 bits per heavy atom. The number of phosphoric ester groups is 1. The van der Waals surface area contributed by atoms with Gasteiger partial charge in [-0.3, -0.25) is 13.8 Å². The fourth-order valence-corrected chi connectivity index (χ4v) is 8.85. The molecule has 0 aromatic rings. The molecule has 1 aliphatic rings. The summed E-state index contributed by atoms with van der Waals surface area (Å²) in [6.07, 6.45) is 24.0. The lowest BCUT2D eigenvalue weighted by molar-refractivity contribution is -0.220. The Bertz CT molecular complexity index is 1090. The summed E-state index contributed by atoms with van der Waals surface area (Å²) in [6, 6.07) is -1.15. The van der Waals surface area contributed by atoms with Crippen LogP contribution in [0.1, 0.15) is 213 Å². The zero-order chi connectivity index (χ0) is 44.4. The van der Waals surface area contributed by atoms with Gasteiger partial charge in [0.05, 0.1) is 31.3 Å². The Kier molecular flexibility index (Phi) is 34.6. The van der Waals surface area contributed by atoms with E-state index in [1.807, 2.05) is 0 Å². The second-order valence-corrected chi connectivity index (χ2v) is 18.9. The molecule has 8 atom stereocenters. The number of aliphatic hydroxyl groups is 7. The van der Waals surface area contributed by atoms with Gasteiger partial charge in [0.2, 0.25) is 5.91 Å². The van der Waals surface area contributed by atoms with Crippen LogP contribution in [0.15, 0.2) is 12.2 Å². The van der Waals surface area contributed by atoms with Crippen LogP contribution in [0.25, 0.3) is 0 Å². The van der Waals surface area contributed by atoms with Crippen LogP contribution in [-0.2, 0) is 18.4 Å². The zero-order valence-electron chi connectivity index (χ0n) is 37.6. The number of phosphoric acid groups is 1. The molecular weight excluding hydrogens is 789 g/mol. The maximum absolute atomic E-state index is 13.0. The first-order valence-corrected chi connectivity index (χ1v) is 25.7. The maximum Gasteiger partial charge on any atom is 0.472 e. The van der Waals surface area contributed by atoms with Crippen molar-refractivity contribution < 1.29 is 59.0 Å². The van der Waals surface area contributed by atoms with Crippen LogP contribution in [0.4, 0.5) is 0 Å². The third kappa shape index (κ3) is 28.0. The van der Waals surface area contributed by atoms with Crippen molar-refractivity contribution in [2.75, 3.05) is 6.61 Å². The standard InChI is InChI=1S/C46H90NO12P/c1-3-5-7-9-11-13-15-17-18-19-20-22-23-25-27-29-31-33-37(48)35-40(50)47-38(39(49)34-32-30-28-26-24-21-16-14-12-10-8-6-4-2)36-58-60(56,57)59-46-44(54)42(52)41(51)43(53)45(46)55/h19-20,37-39,41-46,48-49,51-55H,3-18,21-36H2,1-2H3,(H,47,50)(H,56,57)/b20-19-. The number of aliphatic hydroxyl groups excluding tert-OH is 7. The van der Waals surface area contributed by atoms with Gasteiger partial charge in [-0.1, -0.05) is 180 Å². The van der Waals surface area contributed by atoms with Gasteiger partial charge in [0.15, 0.2) is 0 Å². The number of hydrogen-bond donors (Lipinski definition) is 9. The van der Waals surface area contributed by atoms with E-state index in [0.29, 0.717) is 12.8 Å². The SMILES string of the molecule is CCCCCCCCCC/C=C\CCCCCCCC(O)CC(=O)NC(COP(=O)(O)OC1C(O)C(O)C(O)C(O)C1O)C(O)CCCCCCCCCCCCCCC. The molecule has 1 fully saturated rings. The lowest BCUT2D eigenvalue weighted by Gasteiger charge is -2.41. The van der Waals surface area contributed by atoms with Crippen LogP contribution in [-0.4, -0.2) is 108 Å². The van der Waals surface area contributed by atoms with Gasteiger partial charge in [0.1, 0.15) is 36.6 Å². The fraction of sp³-hybridized carbons (Fsp3) is 0.935. The maximum atomic E-state index is 13.0. The third-order valence-corrected chi connectivity index (χ3v) is 12.9. The first-order valence-electron chi connectivity index (χ1n) is 24.2. The largest absolute Gasteiger partial charge is 0.472 e. The minimum absolute atomic E-state index is 0.225. The van der Waals surface area contributed by atoms with Crippen LogP contribution in [0.2, 0.25) is 0 Å². The number of hydrogen-bond acceptors (Lipinski definition) is 11. The van der Waals surface area contributed by atoms with Gasteiger partial charge in [-0.2, -0.15) is 0 Å². The Balaban J connectivity index is 2.49. The van der Waals surface area contributed by atoms with Crippen LogP contribution < -0.4 is 5.32 Å². The van der Waals surface area contributed by atoms with Crippen molar-refractivity contribution in [1.82, 2.24) is 5.32 Å². The van der Waals surface area contributed by atoms with Crippen LogP contribution in [0.3, 0.4) is 0 Å². The summed E-state index contributed by atoms with van der Waals surface area (Å²) in [7, 11) is -5.11. The number of carbonyl (C=O) groups excluding carboxylic acids is 1. The van der Waals surface area contributed by atoms with E-state index >= 15 is 0 Å². The molecule has 13 nitrogen and oxygen atoms in total. The van der Waals surface area contributed by atoms with E-state index in [1.165, 1.54) is 103 Å². The first kappa shape index (κ1) is 57.1. The normalized spacial score (nSPS) is 23.4. The summed E-state index contributed by atoms with van der Waals surface area (Å²) in [6.45, 7) is 3.79. The summed E-state index contributed by atoms with van der Waals surface area (Å²) >= 11 is 0. The molecule has 0 aromatic carbocycles. The highest BCUT2D eigenvalue weighted by atomic mass is 31.2. The highest BCUT2D eigenvalue weighted by Crippen LogP contribution is 2.47. The molecule has 0 radical (unpaired) electrons. The van der Waals surface area contributed by atoms with Crippen molar-refractivity contribution in [3.63, 3.8) is 0 Å². The number of nitrogens with one attached hydrogen (secondary N) is 1. The minimum Gasteiger partial charge on any atom is -0.393 e. The topological polar surface area (TPSA) is 226 Å². The molecule has 1 aliphatic carbocycles. The monoisotopic (exact) mass is 880 g/mol. The molecule has 60 heavy (non-hydrogen) atoms. The molecular formula is C46H90NO12P. The molecule has 0 saturated heterocycles. The summed E-state index contributed by atoms with van der Waals surface area (Å²) in [5, 5.41) is 74.6. The molecule has 0 heterocycles. The van der Waals surface area contributed by atoms with Crippen LogP contribution in [0.5, 0.6) is 0 Å². The summed E-state index contributed by atoms with van der Waals surface area (Å²) in [5.74, 6) is -0.564. The number of carbonyl (C=O) groups is 1. The predicted octanol–water partition coefficient (Wildman–Crippen LogP) is 8.20. The molecule has 9 N–H and O–H groups in total. The number of allylic oxidation sites excluding steroid dienone is 2. The average molecular weight is 880 g/mol. The van der Waals surface area contributed by atoms with Crippen molar-refractivity contribution in [3.05, 3.63) is 12.2 Å². The van der Waals surface area contributed by atoms with Gasteiger partial charge < -0.3 is 46.0 Å². The van der Waals surface area contributed by atoms with Crippen LogP contribution in [0, 0.1) is 0 Å². The van der Waals surface area contributed by atoms with Crippen molar-refractivity contribution in [2.45, 2.75) is 268 Å². The van der Waals surface area contributed by atoms with E-state index in [-0.39, 0.29) is 12.8 Å². The first-order chi connectivity index (χ1) is 28.8. The van der Waals surface area contributed by atoms with E-state index in [4.69, 9.17) is 9.05 Å². The van der Waals surface area contributed by atoms with Gasteiger partial charge in [0, 0.05) is 0 Å². The molecule has 0 aromatic heterocycles. The van der Waals surface area contributed by atoms with E-state index in [2.05, 4.69) is 31.3 Å². The highest BCUT2D eigenvalue weighted by molar-refractivity contribution is 7.47. The third-order valence-electron chi connectivity index (χ3n) is 11.9. The lowest BCUT2D eigenvalue weighted by Crippen LogP contribution is -2.64. The van der Waals surface area contributed by atoms with Crippen molar-refractivity contribution in [1.29, 1.82) is 0 Å². The number of amides is 1. The van der Waals surface area contributed by atoms with Crippen LogP contribution >= 0.6 is 7.82 Å². The van der Waals surface area contributed by atoms with Gasteiger partial charge in [-0.15, -0.1) is 0 Å². The Labute approximate surface area is 363 Å². The molecule has 0 bridgehead atoms. The molecule has 8 unspecified atom stereocenters. The van der Waals surface area contributed by atoms with Gasteiger partial charge >= 0.3 is 7.82 Å².